The molecule has 16 heavy (non-hydrogen) atoms. The minimum absolute atomic E-state index is 0.608. The number of likely N-dealkylation sites (N-methyl/N-ethyl adjacent to an activating group) is 1. The lowest BCUT2D eigenvalue weighted by Gasteiger charge is -2.14. The van der Waals surface area contributed by atoms with Crippen LogP contribution in [-0.4, -0.2) is 18.6 Å². The number of fused-ring (bicyclic) bond motifs is 1. The van der Waals surface area contributed by atoms with E-state index in [1.165, 1.54) is 16.7 Å². The molecule has 3 heteroatoms. The number of aromatic nitrogens is 1. The number of benzene rings is 1. The van der Waals surface area contributed by atoms with E-state index in [0.29, 0.717) is 5.92 Å². The van der Waals surface area contributed by atoms with Crippen LogP contribution in [0.1, 0.15) is 29.8 Å². The Morgan fingerprint density at radius 3 is 2.94 bits per heavy atom. The van der Waals surface area contributed by atoms with Crippen molar-refractivity contribution in [3.8, 4) is 0 Å². The number of aryl methyl sites for hydroxylation is 1. The highest BCUT2D eigenvalue weighted by molar-refractivity contribution is 7.18. The van der Waals surface area contributed by atoms with Crippen molar-refractivity contribution in [3.63, 3.8) is 0 Å². The molecule has 1 aromatic heterocycles. The van der Waals surface area contributed by atoms with Crippen molar-refractivity contribution < 1.29 is 0 Å². The second kappa shape index (κ2) is 4.93. The quantitative estimate of drug-likeness (QED) is 0.878. The van der Waals surface area contributed by atoms with Crippen LogP contribution in [0.3, 0.4) is 0 Å². The molecule has 1 aromatic carbocycles. The largest absolute Gasteiger partial charge is 0.319 e. The van der Waals surface area contributed by atoms with E-state index in [9.17, 15) is 0 Å². The summed E-state index contributed by atoms with van der Waals surface area (Å²) in [5.74, 6) is 0.608. The van der Waals surface area contributed by atoms with Gasteiger partial charge in [0.25, 0.3) is 0 Å². The van der Waals surface area contributed by atoms with E-state index in [2.05, 4.69) is 42.3 Å². The van der Waals surface area contributed by atoms with E-state index in [1.54, 1.807) is 11.3 Å². The van der Waals surface area contributed by atoms with Crippen molar-refractivity contribution in [2.45, 2.75) is 26.2 Å². The van der Waals surface area contributed by atoms with Gasteiger partial charge in [0.2, 0.25) is 0 Å². The Balaban J connectivity index is 2.36. The molecule has 0 fully saturated rings. The lowest BCUT2D eigenvalue weighted by atomic mass is 9.96. The first-order chi connectivity index (χ1) is 7.74. The summed E-state index contributed by atoms with van der Waals surface area (Å²) in [4.78, 5) is 4.49. The third-order valence-electron chi connectivity index (χ3n) is 2.93. The number of nitrogens with zero attached hydrogens (tertiary/aromatic N) is 1. The fraction of sp³-hybridized carbons (Fsp3) is 0.462. The molecular weight excluding hydrogens is 216 g/mol. The van der Waals surface area contributed by atoms with Crippen LogP contribution >= 0.6 is 11.3 Å². The molecule has 86 valence electrons. The van der Waals surface area contributed by atoms with Gasteiger partial charge < -0.3 is 5.32 Å². The summed E-state index contributed by atoms with van der Waals surface area (Å²) in [6.07, 6.45) is 1.17. The van der Waals surface area contributed by atoms with Crippen molar-refractivity contribution in [2.75, 3.05) is 13.6 Å². The van der Waals surface area contributed by atoms with Crippen LogP contribution in [0.25, 0.3) is 10.2 Å². The maximum atomic E-state index is 4.49. The average molecular weight is 234 g/mol. The molecule has 0 aliphatic heterocycles. The molecular formula is C13H18N2S. The Morgan fingerprint density at radius 1 is 1.44 bits per heavy atom. The molecule has 0 saturated heterocycles. The van der Waals surface area contributed by atoms with Gasteiger partial charge in [0.1, 0.15) is 0 Å². The van der Waals surface area contributed by atoms with Crippen molar-refractivity contribution in [1.82, 2.24) is 10.3 Å². The first-order valence-corrected chi connectivity index (χ1v) is 6.58. The second-order valence-electron chi connectivity index (χ2n) is 4.12. The first-order valence-electron chi connectivity index (χ1n) is 5.76. The first kappa shape index (κ1) is 11.6. The molecule has 1 atom stereocenters. The molecule has 2 rings (SSSR count). The Bertz CT molecular complexity index is 476. The number of nitrogens with one attached hydrogen (secondary N) is 1. The normalized spacial score (nSPS) is 13.2. The average Bonchev–Trinajstić information content (AvgIpc) is 2.64. The molecule has 0 spiro atoms. The minimum atomic E-state index is 0.608. The topological polar surface area (TPSA) is 24.9 Å². The minimum Gasteiger partial charge on any atom is -0.319 e. The fourth-order valence-corrected chi connectivity index (χ4v) is 2.93. The molecule has 2 aromatic rings. The summed E-state index contributed by atoms with van der Waals surface area (Å²) >= 11 is 1.78. The van der Waals surface area contributed by atoms with Crippen LogP contribution in [0.2, 0.25) is 0 Å². The maximum absolute atomic E-state index is 4.49. The van der Waals surface area contributed by atoms with Gasteiger partial charge in [-0.15, -0.1) is 11.3 Å². The van der Waals surface area contributed by atoms with E-state index < -0.39 is 0 Å². The van der Waals surface area contributed by atoms with E-state index in [4.69, 9.17) is 0 Å². The molecule has 1 unspecified atom stereocenters. The van der Waals surface area contributed by atoms with Gasteiger partial charge in [-0.3, -0.25) is 0 Å². The Morgan fingerprint density at radius 2 is 2.25 bits per heavy atom. The predicted octanol–water partition coefficient (Wildman–Crippen LogP) is 3.32. The van der Waals surface area contributed by atoms with Crippen molar-refractivity contribution in [2.24, 2.45) is 0 Å². The van der Waals surface area contributed by atoms with Crippen LogP contribution in [-0.2, 0) is 0 Å². The number of thiazole rings is 1. The van der Waals surface area contributed by atoms with E-state index in [-0.39, 0.29) is 0 Å². The monoisotopic (exact) mass is 234 g/mol. The van der Waals surface area contributed by atoms with E-state index >= 15 is 0 Å². The van der Waals surface area contributed by atoms with Gasteiger partial charge in [-0.25, -0.2) is 4.98 Å². The lowest BCUT2D eigenvalue weighted by molar-refractivity contribution is 0.612. The molecule has 0 bridgehead atoms. The van der Waals surface area contributed by atoms with E-state index in [1.807, 2.05) is 7.05 Å². The summed E-state index contributed by atoms with van der Waals surface area (Å²) in [6.45, 7) is 5.35. The molecule has 0 aliphatic rings. The standard InChI is InChI=1S/C13H18N2S/c1-4-10(8-14-3)11-5-6-12-13(7-11)16-9(2)15-12/h5-7,10,14H,4,8H2,1-3H3. The van der Waals surface area contributed by atoms with Gasteiger partial charge in [-0.2, -0.15) is 0 Å². The second-order valence-corrected chi connectivity index (χ2v) is 5.36. The van der Waals surface area contributed by atoms with Crippen molar-refractivity contribution >= 4 is 21.6 Å². The summed E-state index contributed by atoms with van der Waals surface area (Å²) in [6, 6.07) is 6.66. The number of hydrogen-bond acceptors (Lipinski definition) is 3. The SMILES string of the molecule is CCC(CNC)c1ccc2nc(C)sc2c1. The third-order valence-corrected chi connectivity index (χ3v) is 3.87. The zero-order valence-electron chi connectivity index (χ0n) is 10.1. The Labute approximate surface area is 101 Å². The van der Waals surface area contributed by atoms with Crippen LogP contribution in [0, 0.1) is 6.92 Å². The molecule has 0 saturated carbocycles. The van der Waals surface area contributed by atoms with Gasteiger partial charge >= 0.3 is 0 Å². The Hall–Kier alpha value is -0.930. The zero-order chi connectivity index (χ0) is 11.5. The lowest BCUT2D eigenvalue weighted by Crippen LogP contribution is -2.16. The van der Waals surface area contributed by atoms with Gasteiger partial charge in [-0.1, -0.05) is 13.0 Å². The molecule has 1 N–H and O–H groups in total. The molecule has 0 amide bonds. The number of rotatable bonds is 4. The van der Waals surface area contributed by atoms with Crippen LogP contribution in [0.15, 0.2) is 18.2 Å². The molecule has 2 nitrogen and oxygen atoms in total. The third kappa shape index (κ3) is 2.25. The Kier molecular flexibility index (Phi) is 3.56. The zero-order valence-corrected chi connectivity index (χ0v) is 10.9. The van der Waals surface area contributed by atoms with E-state index in [0.717, 1.165) is 17.1 Å². The predicted molar refractivity (Wildman–Crippen MR) is 71.3 cm³/mol. The van der Waals surface area contributed by atoms with Crippen LogP contribution < -0.4 is 5.32 Å². The van der Waals surface area contributed by atoms with Crippen molar-refractivity contribution in [3.05, 3.63) is 28.8 Å². The van der Waals surface area contributed by atoms with Gasteiger partial charge in [0.05, 0.1) is 15.2 Å². The van der Waals surface area contributed by atoms with Crippen LogP contribution in [0.5, 0.6) is 0 Å². The highest BCUT2D eigenvalue weighted by atomic mass is 32.1. The summed E-state index contributed by atoms with van der Waals surface area (Å²) in [7, 11) is 2.01. The summed E-state index contributed by atoms with van der Waals surface area (Å²) in [5, 5.41) is 4.41. The smallest absolute Gasteiger partial charge is 0.0907 e. The van der Waals surface area contributed by atoms with Gasteiger partial charge in [0, 0.05) is 6.54 Å². The molecule has 0 aliphatic carbocycles. The van der Waals surface area contributed by atoms with Gasteiger partial charge in [0.15, 0.2) is 0 Å². The molecule has 1 heterocycles. The highest BCUT2D eigenvalue weighted by Crippen LogP contribution is 2.27. The fourth-order valence-electron chi connectivity index (χ4n) is 2.05. The number of hydrogen-bond donors (Lipinski definition) is 1. The molecule has 0 radical (unpaired) electrons. The van der Waals surface area contributed by atoms with Gasteiger partial charge in [-0.05, 0) is 44.0 Å². The highest BCUT2D eigenvalue weighted by Gasteiger charge is 2.10. The summed E-state index contributed by atoms with van der Waals surface area (Å²) in [5.41, 5.74) is 2.55. The van der Waals surface area contributed by atoms with Crippen LogP contribution in [0.4, 0.5) is 0 Å². The van der Waals surface area contributed by atoms with Crippen molar-refractivity contribution in [1.29, 1.82) is 0 Å². The maximum Gasteiger partial charge on any atom is 0.0907 e. The summed E-state index contributed by atoms with van der Waals surface area (Å²) < 4.78 is 1.31.